The van der Waals surface area contributed by atoms with E-state index < -0.39 is 10.8 Å². The lowest BCUT2D eigenvalue weighted by Gasteiger charge is -2.32. The summed E-state index contributed by atoms with van der Waals surface area (Å²) in [5.74, 6) is -0.107. The number of carbonyl (C=O) groups is 2. The van der Waals surface area contributed by atoms with Gasteiger partial charge in [0.2, 0.25) is 0 Å². The molecule has 3 aromatic carbocycles. The monoisotopic (exact) mass is 573 g/mol. The maximum atomic E-state index is 13.1. The van der Waals surface area contributed by atoms with E-state index in [9.17, 15) is 19.7 Å². The zero-order valence-corrected chi connectivity index (χ0v) is 22.1. The second-order valence-corrected chi connectivity index (χ2v) is 10.2. The van der Waals surface area contributed by atoms with Crippen LogP contribution in [-0.4, -0.2) is 44.7 Å². The van der Waals surface area contributed by atoms with E-state index in [0.717, 1.165) is 23.9 Å². The fourth-order valence-electron chi connectivity index (χ4n) is 4.82. The summed E-state index contributed by atoms with van der Waals surface area (Å²) in [6.07, 6.45) is 4.93. The van der Waals surface area contributed by atoms with Crippen molar-refractivity contribution in [3.63, 3.8) is 0 Å². The number of amides is 2. The highest BCUT2D eigenvalue weighted by molar-refractivity contribution is 9.10. The second kappa shape index (κ2) is 10.7. The fourth-order valence-corrected chi connectivity index (χ4v) is 5.27. The zero-order chi connectivity index (χ0) is 26.8. The molecule has 0 saturated carbocycles. The third kappa shape index (κ3) is 5.26. The number of nitro benzene ring substituents is 1. The highest BCUT2D eigenvalue weighted by Gasteiger charge is 2.25. The molecule has 5 rings (SSSR count). The number of benzene rings is 3. The lowest BCUT2D eigenvalue weighted by Crippen LogP contribution is -2.37. The smallest absolute Gasteiger partial charge is 0.274 e. The molecule has 0 unspecified atom stereocenters. The molecule has 1 saturated heterocycles. The number of nitro groups is 1. The Bertz CT molecular complexity index is 1550. The number of likely N-dealkylation sites (tertiary alicyclic amines) is 1. The lowest BCUT2D eigenvalue weighted by molar-refractivity contribution is -0.385. The minimum Gasteiger partial charge on any atom is -0.339 e. The van der Waals surface area contributed by atoms with Crippen LogP contribution < -0.4 is 5.32 Å². The Morgan fingerprint density at radius 3 is 2.37 bits per heavy atom. The van der Waals surface area contributed by atoms with Crippen molar-refractivity contribution in [2.45, 2.75) is 25.7 Å². The van der Waals surface area contributed by atoms with Crippen LogP contribution in [0.5, 0.6) is 0 Å². The van der Waals surface area contributed by atoms with Gasteiger partial charge in [-0.15, -0.1) is 0 Å². The molecule has 1 fully saturated rings. The topological polar surface area (TPSA) is 118 Å². The van der Waals surface area contributed by atoms with Gasteiger partial charge in [0.25, 0.3) is 17.5 Å². The van der Waals surface area contributed by atoms with Gasteiger partial charge in [0, 0.05) is 52.8 Å². The summed E-state index contributed by atoms with van der Waals surface area (Å²) >= 11 is 3.24. The van der Waals surface area contributed by atoms with E-state index in [1.807, 2.05) is 35.2 Å². The van der Waals surface area contributed by atoms with Gasteiger partial charge in [0.1, 0.15) is 0 Å². The van der Waals surface area contributed by atoms with Gasteiger partial charge in [-0.1, -0.05) is 28.1 Å². The number of hydrogen-bond acceptors (Lipinski definition) is 6. The van der Waals surface area contributed by atoms with Crippen molar-refractivity contribution in [1.82, 2.24) is 14.9 Å². The number of hydrogen-bond donors (Lipinski definition) is 1. The largest absolute Gasteiger partial charge is 0.339 e. The van der Waals surface area contributed by atoms with Crippen molar-refractivity contribution in [3.05, 3.63) is 104 Å². The predicted octanol–water partition coefficient (Wildman–Crippen LogP) is 5.88. The average Bonchev–Trinajstić information content (AvgIpc) is 2.93. The fraction of sp³-hybridized carbons (Fsp3) is 0.214. The summed E-state index contributed by atoms with van der Waals surface area (Å²) in [5.41, 5.74) is 4.26. The van der Waals surface area contributed by atoms with Crippen LogP contribution in [0.2, 0.25) is 0 Å². The van der Waals surface area contributed by atoms with Gasteiger partial charge >= 0.3 is 0 Å². The highest BCUT2D eigenvalue weighted by atomic mass is 79.9. The minimum atomic E-state index is -0.499. The number of halogens is 1. The maximum absolute atomic E-state index is 13.1. The molecule has 0 spiro atoms. The van der Waals surface area contributed by atoms with Gasteiger partial charge in [0.15, 0.2) is 0 Å². The van der Waals surface area contributed by atoms with Crippen molar-refractivity contribution in [2.24, 2.45) is 0 Å². The van der Waals surface area contributed by atoms with Crippen molar-refractivity contribution in [2.75, 3.05) is 18.4 Å². The summed E-state index contributed by atoms with van der Waals surface area (Å²) in [5, 5.41) is 14.1. The summed E-state index contributed by atoms with van der Waals surface area (Å²) in [6.45, 7) is 2.87. The van der Waals surface area contributed by atoms with E-state index in [2.05, 4.69) is 31.2 Å². The molecule has 10 heteroatoms. The van der Waals surface area contributed by atoms with Crippen LogP contribution in [0.25, 0.3) is 11.0 Å². The first-order valence-corrected chi connectivity index (χ1v) is 13.0. The molecule has 192 valence electrons. The Labute approximate surface area is 227 Å². The van der Waals surface area contributed by atoms with Crippen LogP contribution in [0.15, 0.2) is 71.5 Å². The molecule has 4 aromatic rings. The number of fused-ring (bicyclic) bond motifs is 1. The molecular weight excluding hydrogens is 550 g/mol. The van der Waals surface area contributed by atoms with Gasteiger partial charge in [-0.2, -0.15) is 0 Å². The molecule has 0 atom stereocenters. The number of carbonyl (C=O) groups excluding carboxylic acids is 2. The first-order valence-electron chi connectivity index (χ1n) is 12.2. The van der Waals surface area contributed by atoms with Crippen molar-refractivity contribution < 1.29 is 14.5 Å². The van der Waals surface area contributed by atoms with E-state index in [0.29, 0.717) is 45.8 Å². The third-order valence-electron chi connectivity index (χ3n) is 6.92. The van der Waals surface area contributed by atoms with Gasteiger partial charge in [-0.25, -0.2) is 0 Å². The van der Waals surface area contributed by atoms with Gasteiger partial charge in [-0.05, 0) is 67.6 Å². The Morgan fingerprint density at radius 2 is 1.68 bits per heavy atom. The number of anilines is 1. The molecule has 0 bridgehead atoms. The van der Waals surface area contributed by atoms with Crippen LogP contribution >= 0.6 is 15.9 Å². The van der Waals surface area contributed by atoms with Gasteiger partial charge < -0.3 is 10.2 Å². The van der Waals surface area contributed by atoms with E-state index in [1.165, 1.54) is 6.07 Å². The Balaban J connectivity index is 1.21. The van der Waals surface area contributed by atoms with E-state index in [-0.39, 0.29) is 17.2 Å². The molecule has 0 radical (unpaired) electrons. The molecular formula is C28H24BrN5O4. The summed E-state index contributed by atoms with van der Waals surface area (Å²) in [6, 6.07) is 16.0. The Hall–Kier alpha value is -4.18. The van der Waals surface area contributed by atoms with Gasteiger partial charge in [0.05, 0.1) is 21.5 Å². The molecule has 2 heterocycles. The van der Waals surface area contributed by atoms with Crippen LogP contribution in [0.1, 0.15) is 50.6 Å². The molecule has 0 aliphatic carbocycles. The van der Waals surface area contributed by atoms with Crippen LogP contribution in [0.4, 0.5) is 11.4 Å². The van der Waals surface area contributed by atoms with Crippen LogP contribution in [-0.2, 0) is 0 Å². The Morgan fingerprint density at radius 1 is 1.00 bits per heavy atom. The molecule has 1 aliphatic rings. The molecule has 1 aliphatic heterocycles. The SMILES string of the molecule is Cc1c(C(=O)Nc2ccc(C3CCN(C(=O)c4ccc5nccnc5c4)CC3)cc2)cc(Br)cc1[N+](=O)[O-]. The van der Waals surface area contributed by atoms with E-state index in [1.54, 1.807) is 37.5 Å². The third-order valence-corrected chi connectivity index (χ3v) is 7.38. The standard InChI is InChI=1S/C28H24BrN5O4/c1-17-23(15-21(29)16-26(17)34(37)38)27(35)32-22-5-2-18(3-6-22)19-8-12-33(13-9-19)28(36)20-4-7-24-25(14-20)31-11-10-30-24/h2-7,10-11,14-16,19H,8-9,12-13H2,1H3,(H,32,35). The first-order chi connectivity index (χ1) is 18.3. The minimum absolute atomic E-state index is 0.00265. The average molecular weight is 574 g/mol. The lowest BCUT2D eigenvalue weighted by atomic mass is 9.89. The highest BCUT2D eigenvalue weighted by Crippen LogP contribution is 2.31. The summed E-state index contributed by atoms with van der Waals surface area (Å²) < 4.78 is 0.467. The predicted molar refractivity (Wildman–Crippen MR) is 147 cm³/mol. The second-order valence-electron chi connectivity index (χ2n) is 9.26. The number of nitrogens with one attached hydrogen (secondary N) is 1. The van der Waals surface area contributed by atoms with Gasteiger partial charge in [-0.3, -0.25) is 29.7 Å². The molecule has 1 aromatic heterocycles. The van der Waals surface area contributed by atoms with Crippen molar-refractivity contribution >= 4 is 50.2 Å². The van der Waals surface area contributed by atoms with Crippen LogP contribution in [0.3, 0.4) is 0 Å². The number of nitrogens with zero attached hydrogens (tertiary/aromatic N) is 4. The first kappa shape index (κ1) is 25.5. The maximum Gasteiger partial charge on any atom is 0.274 e. The van der Waals surface area contributed by atoms with Crippen molar-refractivity contribution in [1.29, 1.82) is 0 Å². The quantitative estimate of drug-likeness (QED) is 0.235. The van der Waals surface area contributed by atoms with E-state index in [4.69, 9.17) is 0 Å². The Kier molecular flexibility index (Phi) is 7.15. The van der Waals surface area contributed by atoms with Crippen LogP contribution in [0, 0.1) is 17.0 Å². The zero-order valence-electron chi connectivity index (χ0n) is 20.6. The number of aromatic nitrogens is 2. The molecule has 2 amide bonds. The molecule has 1 N–H and O–H groups in total. The normalized spacial score (nSPS) is 13.9. The van der Waals surface area contributed by atoms with Crippen molar-refractivity contribution in [3.8, 4) is 0 Å². The van der Waals surface area contributed by atoms with E-state index >= 15 is 0 Å². The number of piperidine rings is 1. The summed E-state index contributed by atoms with van der Waals surface area (Å²) in [4.78, 5) is 47.1. The number of rotatable bonds is 5. The summed E-state index contributed by atoms with van der Waals surface area (Å²) in [7, 11) is 0. The molecule has 9 nitrogen and oxygen atoms in total. The molecule has 38 heavy (non-hydrogen) atoms.